The van der Waals surface area contributed by atoms with Crippen molar-refractivity contribution < 1.29 is 13.9 Å². The van der Waals surface area contributed by atoms with E-state index in [1.807, 2.05) is 0 Å². The highest BCUT2D eigenvalue weighted by atomic mass is 16.5. The zero-order valence-electron chi connectivity index (χ0n) is 6.69. The predicted octanol–water partition coefficient (Wildman–Crippen LogP) is 1.25. The minimum Gasteiger partial charge on any atom is -0.463 e. The first-order valence-electron chi connectivity index (χ1n) is 3.56. The van der Waals surface area contributed by atoms with Crippen LogP contribution in [0.25, 0.3) is 6.08 Å². The van der Waals surface area contributed by atoms with Gasteiger partial charge >= 0.3 is 5.97 Å². The molecule has 0 aliphatic rings. The van der Waals surface area contributed by atoms with Crippen molar-refractivity contribution in [2.24, 2.45) is 0 Å². The lowest BCUT2D eigenvalue weighted by molar-refractivity contribution is -0.137. The summed E-state index contributed by atoms with van der Waals surface area (Å²) in [5.41, 5.74) is 0. The number of hydrogen-bond acceptors (Lipinski definition) is 4. The average Bonchev–Trinajstić information content (AvgIpc) is 2.53. The van der Waals surface area contributed by atoms with Crippen LogP contribution in [0.4, 0.5) is 0 Å². The maximum atomic E-state index is 10.8. The molecular weight excluding hydrogens is 158 g/mol. The number of esters is 1. The number of hydrogen-bond donors (Lipinski definition) is 0. The molecule has 0 saturated heterocycles. The summed E-state index contributed by atoms with van der Waals surface area (Å²) in [7, 11) is 0. The summed E-state index contributed by atoms with van der Waals surface area (Å²) < 4.78 is 9.51. The number of rotatable bonds is 3. The zero-order valence-corrected chi connectivity index (χ0v) is 6.69. The molecule has 1 aromatic rings. The minimum atomic E-state index is -0.381. The van der Waals surface area contributed by atoms with Crippen LogP contribution in [-0.4, -0.2) is 17.6 Å². The van der Waals surface area contributed by atoms with Gasteiger partial charge in [-0.3, -0.25) is 0 Å². The number of oxazole rings is 1. The number of carbonyl (C=O) groups is 1. The first kappa shape index (κ1) is 8.52. The molecule has 0 unspecified atom stereocenters. The Kier molecular flexibility index (Phi) is 3.07. The zero-order chi connectivity index (χ0) is 8.81. The summed E-state index contributed by atoms with van der Waals surface area (Å²) in [4.78, 5) is 14.4. The van der Waals surface area contributed by atoms with Gasteiger partial charge in [-0.2, -0.15) is 0 Å². The van der Waals surface area contributed by atoms with E-state index < -0.39 is 0 Å². The summed E-state index contributed by atoms with van der Waals surface area (Å²) in [5.74, 6) is 0.150. The van der Waals surface area contributed by atoms with Crippen molar-refractivity contribution in [3.8, 4) is 0 Å². The molecule has 0 amide bonds. The van der Waals surface area contributed by atoms with Crippen molar-refractivity contribution in [1.29, 1.82) is 0 Å². The third-order valence-corrected chi connectivity index (χ3v) is 1.12. The maximum Gasteiger partial charge on any atom is 0.330 e. The van der Waals surface area contributed by atoms with Crippen molar-refractivity contribution in [2.75, 3.05) is 6.61 Å². The Balaban J connectivity index is 2.45. The van der Waals surface area contributed by atoms with Crippen LogP contribution >= 0.6 is 0 Å². The monoisotopic (exact) mass is 167 g/mol. The van der Waals surface area contributed by atoms with E-state index in [0.29, 0.717) is 12.4 Å². The fourth-order valence-corrected chi connectivity index (χ4v) is 0.648. The molecule has 0 radical (unpaired) electrons. The van der Waals surface area contributed by atoms with Gasteiger partial charge in [0.2, 0.25) is 0 Å². The van der Waals surface area contributed by atoms with Crippen molar-refractivity contribution in [1.82, 2.24) is 4.98 Å². The first-order valence-corrected chi connectivity index (χ1v) is 3.56. The van der Waals surface area contributed by atoms with Gasteiger partial charge in [-0.25, -0.2) is 9.78 Å². The largest absolute Gasteiger partial charge is 0.463 e. The van der Waals surface area contributed by atoms with Gasteiger partial charge in [0.25, 0.3) is 0 Å². The van der Waals surface area contributed by atoms with Crippen molar-refractivity contribution in [2.45, 2.75) is 6.92 Å². The molecule has 1 aromatic heterocycles. The fraction of sp³-hybridized carbons (Fsp3) is 0.250. The molecule has 0 N–H and O–H groups in total. The Hall–Kier alpha value is -1.58. The Bertz CT molecular complexity index is 264. The molecule has 64 valence electrons. The highest BCUT2D eigenvalue weighted by Gasteiger charge is 1.94. The lowest BCUT2D eigenvalue weighted by Gasteiger charge is -1.92. The molecule has 0 spiro atoms. The molecule has 0 bridgehead atoms. The Morgan fingerprint density at radius 1 is 1.83 bits per heavy atom. The van der Waals surface area contributed by atoms with Crippen molar-refractivity contribution >= 4 is 12.0 Å². The van der Waals surface area contributed by atoms with E-state index in [-0.39, 0.29) is 5.97 Å². The maximum absolute atomic E-state index is 10.8. The molecule has 4 nitrogen and oxygen atoms in total. The summed E-state index contributed by atoms with van der Waals surface area (Å²) in [6.45, 7) is 2.12. The lowest BCUT2D eigenvalue weighted by Crippen LogP contribution is -1.98. The number of carbonyl (C=O) groups excluding carboxylic acids is 1. The molecule has 1 rings (SSSR count). The average molecular weight is 167 g/mol. The van der Waals surface area contributed by atoms with Crippen LogP contribution in [-0.2, 0) is 9.53 Å². The topological polar surface area (TPSA) is 52.3 Å². The van der Waals surface area contributed by atoms with E-state index in [1.54, 1.807) is 6.92 Å². The molecule has 0 aromatic carbocycles. The summed E-state index contributed by atoms with van der Waals surface area (Å²) in [6, 6.07) is 0. The van der Waals surface area contributed by atoms with Crippen LogP contribution in [0, 0.1) is 0 Å². The van der Waals surface area contributed by atoms with Crippen LogP contribution in [0.1, 0.15) is 12.7 Å². The third kappa shape index (κ3) is 2.57. The van der Waals surface area contributed by atoms with Gasteiger partial charge in [-0.05, 0) is 13.0 Å². The van der Waals surface area contributed by atoms with Gasteiger partial charge in [0.1, 0.15) is 5.76 Å². The minimum absolute atomic E-state index is 0.375. The first-order chi connectivity index (χ1) is 5.83. The summed E-state index contributed by atoms with van der Waals surface area (Å²) in [6.07, 6.45) is 5.61. The molecule has 1 heterocycles. The van der Waals surface area contributed by atoms with Crippen LogP contribution < -0.4 is 0 Å². The van der Waals surface area contributed by atoms with Crippen molar-refractivity contribution in [3.05, 3.63) is 24.4 Å². The molecule has 0 fully saturated rings. The van der Waals surface area contributed by atoms with E-state index >= 15 is 0 Å². The second kappa shape index (κ2) is 4.33. The predicted molar refractivity (Wildman–Crippen MR) is 42.2 cm³/mol. The van der Waals surface area contributed by atoms with Gasteiger partial charge in [0.05, 0.1) is 12.8 Å². The fourth-order valence-electron chi connectivity index (χ4n) is 0.648. The normalized spacial score (nSPS) is 10.4. The Morgan fingerprint density at radius 3 is 3.25 bits per heavy atom. The lowest BCUT2D eigenvalue weighted by atomic mass is 10.4. The van der Waals surface area contributed by atoms with Gasteiger partial charge in [-0.15, -0.1) is 0 Å². The van der Waals surface area contributed by atoms with E-state index in [9.17, 15) is 4.79 Å². The van der Waals surface area contributed by atoms with Crippen molar-refractivity contribution in [3.63, 3.8) is 0 Å². The molecule has 0 atom stereocenters. The van der Waals surface area contributed by atoms with Gasteiger partial charge < -0.3 is 9.15 Å². The standard InChI is InChI=1S/C8H9NO3/c1-2-11-8(10)4-3-7-5-9-6-12-7/h3-6H,2H2,1H3. The summed E-state index contributed by atoms with van der Waals surface area (Å²) >= 11 is 0. The molecule has 0 aliphatic carbocycles. The van der Waals surface area contributed by atoms with Gasteiger partial charge in [0, 0.05) is 6.08 Å². The molecular formula is C8H9NO3. The van der Waals surface area contributed by atoms with Crippen LogP contribution in [0.15, 0.2) is 23.1 Å². The highest BCUT2D eigenvalue weighted by molar-refractivity contribution is 5.86. The van der Waals surface area contributed by atoms with Crippen LogP contribution in [0.3, 0.4) is 0 Å². The summed E-state index contributed by atoms with van der Waals surface area (Å²) in [5, 5.41) is 0. The van der Waals surface area contributed by atoms with E-state index in [2.05, 4.69) is 9.72 Å². The van der Waals surface area contributed by atoms with E-state index in [4.69, 9.17) is 4.42 Å². The SMILES string of the molecule is CCOC(=O)C=Cc1cnco1. The van der Waals surface area contributed by atoms with E-state index in [0.717, 1.165) is 0 Å². The number of aromatic nitrogens is 1. The van der Waals surface area contributed by atoms with Crippen LogP contribution in [0.2, 0.25) is 0 Å². The molecule has 12 heavy (non-hydrogen) atoms. The van der Waals surface area contributed by atoms with Crippen LogP contribution in [0.5, 0.6) is 0 Å². The third-order valence-electron chi connectivity index (χ3n) is 1.12. The smallest absolute Gasteiger partial charge is 0.330 e. The second-order valence-corrected chi connectivity index (χ2v) is 1.99. The number of ether oxygens (including phenoxy) is 1. The second-order valence-electron chi connectivity index (χ2n) is 1.99. The quantitative estimate of drug-likeness (QED) is 0.502. The number of nitrogens with zero attached hydrogens (tertiary/aromatic N) is 1. The molecule has 0 saturated carbocycles. The van der Waals surface area contributed by atoms with Gasteiger partial charge in [-0.1, -0.05) is 0 Å². The highest BCUT2D eigenvalue weighted by Crippen LogP contribution is 1.99. The van der Waals surface area contributed by atoms with Gasteiger partial charge in [0.15, 0.2) is 6.39 Å². The molecule has 0 aliphatic heterocycles. The Labute approximate surface area is 69.9 Å². The van der Waals surface area contributed by atoms with E-state index in [1.165, 1.54) is 24.7 Å². The Morgan fingerprint density at radius 2 is 2.67 bits per heavy atom. The molecule has 4 heteroatoms.